The number of amides is 1. The summed E-state index contributed by atoms with van der Waals surface area (Å²) < 4.78 is 5.63. The minimum atomic E-state index is -0.332. The van der Waals surface area contributed by atoms with E-state index in [1.807, 2.05) is 42.5 Å². The molecule has 0 heterocycles. The molecule has 0 unspecified atom stereocenters. The van der Waals surface area contributed by atoms with Crippen molar-refractivity contribution >= 4 is 22.6 Å². The summed E-state index contributed by atoms with van der Waals surface area (Å²) in [5, 5.41) is 5.07. The van der Waals surface area contributed by atoms with Gasteiger partial charge in [0.15, 0.2) is 0 Å². The van der Waals surface area contributed by atoms with Crippen molar-refractivity contribution in [2.75, 3.05) is 5.32 Å². The molecule has 0 saturated heterocycles. The second-order valence-corrected chi connectivity index (χ2v) is 6.02. The van der Waals surface area contributed by atoms with E-state index in [0.29, 0.717) is 0 Å². The number of fused-ring (bicyclic) bond motifs is 1. The molecule has 0 spiro atoms. The van der Waals surface area contributed by atoms with Crippen LogP contribution in [0.1, 0.15) is 44.9 Å². The van der Waals surface area contributed by atoms with Gasteiger partial charge in [-0.1, -0.05) is 55.7 Å². The molecule has 3 rings (SSSR count). The molecule has 1 saturated carbocycles. The quantitative estimate of drug-likeness (QED) is 0.794. The summed E-state index contributed by atoms with van der Waals surface area (Å²) in [6.07, 6.45) is 7.85. The third-order valence-corrected chi connectivity index (χ3v) is 4.35. The van der Waals surface area contributed by atoms with Crippen LogP contribution >= 0.6 is 0 Å². The van der Waals surface area contributed by atoms with Crippen LogP contribution in [0, 0.1) is 0 Å². The van der Waals surface area contributed by atoms with Crippen molar-refractivity contribution in [1.29, 1.82) is 0 Å². The van der Waals surface area contributed by atoms with Gasteiger partial charge in [-0.3, -0.25) is 5.32 Å². The average Bonchev–Trinajstić information content (AvgIpc) is 2.50. The number of carbonyl (C=O) groups excluding carboxylic acids is 1. The van der Waals surface area contributed by atoms with Gasteiger partial charge in [-0.15, -0.1) is 0 Å². The average molecular weight is 297 g/mol. The Morgan fingerprint density at radius 2 is 1.59 bits per heavy atom. The predicted molar refractivity (Wildman–Crippen MR) is 90.2 cm³/mol. The molecule has 0 radical (unpaired) electrons. The highest BCUT2D eigenvalue weighted by atomic mass is 16.6. The maximum absolute atomic E-state index is 12.2. The molecule has 1 amide bonds. The van der Waals surface area contributed by atoms with Crippen molar-refractivity contribution in [1.82, 2.24) is 0 Å². The summed E-state index contributed by atoms with van der Waals surface area (Å²) in [5.41, 5.74) is 0.814. The molecule has 1 aliphatic carbocycles. The summed E-state index contributed by atoms with van der Waals surface area (Å²) in [4.78, 5) is 12.2. The monoisotopic (exact) mass is 297 g/mol. The Morgan fingerprint density at radius 3 is 2.41 bits per heavy atom. The SMILES string of the molecule is O=C(Nc1cccc2ccccc12)OC1CCCCCCC1. The summed E-state index contributed by atoms with van der Waals surface area (Å²) in [7, 11) is 0. The normalized spacial score (nSPS) is 16.7. The van der Waals surface area contributed by atoms with Gasteiger partial charge in [-0.2, -0.15) is 0 Å². The van der Waals surface area contributed by atoms with Crippen molar-refractivity contribution in [3.8, 4) is 0 Å². The highest BCUT2D eigenvalue weighted by molar-refractivity contribution is 6.00. The number of anilines is 1. The number of benzene rings is 2. The lowest BCUT2D eigenvalue weighted by Gasteiger charge is -2.20. The van der Waals surface area contributed by atoms with Gasteiger partial charge in [0.05, 0.1) is 5.69 Å². The van der Waals surface area contributed by atoms with E-state index in [9.17, 15) is 4.79 Å². The largest absolute Gasteiger partial charge is 0.446 e. The van der Waals surface area contributed by atoms with E-state index in [-0.39, 0.29) is 12.2 Å². The lowest BCUT2D eigenvalue weighted by molar-refractivity contribution is 0.0933. The molecule has 22 heavy (non-hydrogen) atoms. The standard InChI is InChI=1S/C19H23NO2/c21-19(22-16-11-4-2-1-3-5-12-16)20-18-14-8-10-15-9-6-7-13-17(15)18/h6-10,13-14,16H,1-5,11-12H2,(H,20,21). The lowest BCUT2D eigenvalue weighted by atomic mass is 9.99. The Morgan fingerprint density at radius 1 is 0.909 bits per heavy atom. The Bertz CT molecular complexity index is 625. The molecular weight excluding hydrogens is 274 g/mol. The third kappa shape index (κ3) is 3.79. The van der Waals surface area contributed by atoms with E-state index in [1.165, 1.54) is 19.3 Å². The fourth-order valence-corrected chi connectivity index (χ4v) is 3.16. The Balaban J connectivity index is 1.65. The van der Waals surface area contributed by atoms with Crippen molar-refractivity contribution in [2.24, 2.45) is 0 Å². The summed E-state index contributed by atoms with van der Waals surface area (Å²) in [6.45, 7) is 0. The molecule has 0 bridgehead atoms. The van der Waals surface area contributed by atoms with Crippen LogP contribution in [0.3, 0.4) is 0 Å². The van der Waals surface area contributed by atoms with Crippen LogP contribution in [0.25, 0.3) is 10.8 Å². The topological polar surface area (TPSA) is 38.3 Å². The Kier molecular flexibility index (Phi) is 4.94. The van der Waals surface area contributed by atoms with E-state index in [1.54, 1.807) is 0 Å². The maximum atomic E-state index is 12.2. The number of hydrogen-bond donors (Lipinski definition) is 1. The number of carbonyl (C=O) groups is 1. The van der Waals surface area contributed by atoms with Gasteiger partial charge in [0.25, 0.3) is 0 Å². The van der Waals surface area contributed by atoms with E-state index in [4.69, 9.17) is 4.74 Å². The van der Waals surface area contributed by atoms with E-state index in [0.717, 1.165) is 42.1 Å². The minimum absolute atomic E-state index is 0.0651. The molecule has 0 atom stereocenters. The van der Waals surface area contributed by atoms with E-state index in [2.05, 4.69) is 5.32 Å². The van der Waals surface area contributed by atoms with Gasteiger partial charge in [-0.05, 0) is 37.1 Å². The van der Waals surface area contributed by atoms with Gasteiger partial charge in [0, 0.05) is 5.39 Å². The van der Waals surface area contributed by atoms with Crippen molar-refractivity contribution in [2.45, 2.75) is 51.0 Å². The first-order valence-corrected chi connectivity index (χ1v) is 8.28. The molecule has 1 N–H and O–H groups in total. The zero-order chi connectivity index (χ0) is 15.2. The smallest absolute Gasteiger partial charge is 0.411 e. The maximum Gasteiger partial charge on any atom is 0.411 e. The van der Waals surface area contributed by atoms with Crippen LogP contribution in [-0.2, 0) is 4.74 Å². The molecule has 116 valence electrons. The highest BCUT2D eigenvalue weighted by Gasteiger charge is 2.16. The van der Waals surface area contributed by atoms with Crippen molar-refractivity contribution in [3.05, 3.63) is 42.5 Å². The first kappa shape index (κ1) is 14.9. The summed E-state index contributed by atoms with van der Waals surface area (Å²) in [5.74, 6) is 0. The van der Waals surface area contributed by atoms with Crippen molar-refractivity contribution in [3.63, 3.8) is 0 Å². The van der Waals surface area contributed by atoms with Crippen LogP contribution < -0.4 is 5.32 Å². The van der Waals surface area contributed by atoms with E-state index >= 15 is 0 Å². The molecule has 0 aliphatic heterocycles. The summed E-state index contributed by atoms with van der Waals surface area (Å²) in [6, 6.07) is 13.9. The summed E-state index contributed by atoms with van der Waals surface area (Å²) >= 11 is 0. The van der Waals surface area contributed by atoms with Gasteiger partial charge >= 0.3 is 6.09 Å². The second-order valence-electron chi connectivity index (χ2n) is 6.02. The van der Waals surface area contributed by atoms with Crippen LogP contribution in [0.15, 0.2) is 42.5 Å². The van der Waals surface area contributed by atoms with Crippen LogP contribution in [0.2, 0.25) is 0 Å². The molecular formula is C19H23NO2. The van der Waals surface area contributed by atoms with Gasteiger partial charge in [0.2, 0.25) is 0 Å². The molecule has 2 aromatic carbocycles. The van der Waals surface area contributed by atoms with Gasteiger partial charge in [0.1, 0.15) is 6.10 Å². The highest BCUT2D eigenvalue weighted by Crippen LogP contribution is 2.24. The van der Waals surface area contributed by atoms with Gasteiger partial charge < -0.3 is 4.74 Å². The number of hydrogen-bond acceptors (Lipinski definition) is 2. The molecule has 0 aromatic heterocycles. The van der Waals surface area contributed by atoms with Gasteiger partial charge in [-0.25, -0.2) is 4.79 Å². The van der Waals surface area contributed by atoms with Crippen LogP contribution in [0.5, 0.6) is 0 Å². The second kappa shape index (κ2) is 7.30. The first-order valence-electron chi connectivity index (χ1n) is 8.28. The number of ether oxygens (including phenoxy) is 1. The van der Waals surface area contributed by atoms with Crippen molar-refractivity contribution < 1.29 is 9.53 Å². The molecule has 3 nitrogen and oxygen atoms in total. The predicted octanol–water partition coefficient (Wildman–Crippen LogP) is 5.50. The molecule has 1 fully saturated rings. The van der Waals surface area contributed by atoms with Crippen LogP contribution in [0.4, 0.5) is 10.5 Å². The minimum Gasteiger partial charge on any atom is -0.446 e. The zero-order valence-electron chi connectivity index (χ0n) is 12.9. The zero-order valence-corrected chi connectivity index (χ0v) is 12.9. The Labute approximate surface area is 131 Å². The number of nitrogens with one attached hydrogen (secondary N) is 1. The molecule has 3 heteroatoms. The van der Waals surface area contributed by atoms with E-state index < -0.39 is 0 Å². The number of rotatable bonds is 2. The molecule has 1 aliphatic rings. The van der Waals surface area contributed by atoms with Crippen LogP contribution in [-0.4, -0.2) is 12.2 Å². The fourth-order valence-electron chi connectivity index (χ4n) is 3.16. The Hall–Kier alpha value is -2.03. The first-order chi connectivity index (χ1) is 10.8. The molecule has 2 aromatic rings. The lowest BCUT2D eigenvalue weighted by Crippen LogP contribution is -2.23. The third-order valence-electron chi connectivity index (χ3n) is 4.35. The fraction of sp³-hybridized carbons (Fsp3) is 0.421.